The first kappa shape index (κ1) is 15.4. The lowest BCUT2D eigenvalue weighted by molar-refractivity contribution is -0.113. The Morgan fingerprint density at radius 2 is 1.86 bits per heavy atom. The monoisotopic (exact) mass is 362 g/mol. The molecule has 0 saturated heterocycles. The fraction of sp³-hybridized carbons (Fsp3) is 0.0667. The molecule has 2 aromatic rings. The normalized spacial score (nSPS) is 11.4. The van der Waals surface area contributed by atoms with Gasteiger partial charge < -0.3 is 5.32 Å². The van der Waals surface area contributed by atoms with E-state index in [1.165, 1.54) is 0 Å². The molecule has 4 nitrogen and oxygen atoms in total. The Balaban J connectivity index is 2.00. The number of hydrogen-bond donors (Lipinski definition) is 1. The van der Waals surface area contributed by atoms with E-state index in [2.05, 4.69) is 21.2 Å². The highest BCUT2D eigenvalue weighted by Gasteiger charge is 2.12. The van der Waals surface area contributed by atoms with Crippen molar-refractivity contribution in [2.45, 2.75) is 4.90 Å². The smallest absolute Gasteiger partial charge is 0.237 e. The highest BCUT2D eigenvalue weighted by Crippen LogP contribution is 2.20. The van der Waals surface area contributed by atoms with Crippen LogP contribution in [0.15, 0.2) is 57.9 Å². The Morgan fingerprint density at radius 3 is 2.48 bits per heavy atom. The van der Waals surface area contributed by atoms with Gasteiger partial charge in [-0.15, -0.1) is 0 Å². The molecule has 6 heteroatoms. The standard InChI is InChI=1S/C15H11BrN2O2S/c16-13-3-1-2-4-14(13)21(20)10-15(19)18-12-7-5-11(9-17)6-8-12/h1-8H,10H2,(H,18,19). The highest BCUT2D eigenvalue weighted by atomic mass is 79.9. The van der Waals surface area contributed by atoms with Crippen molar-refractivity contribution in [3.8, 4) is 6.07 Å². The van der Waals surface area contributed by atoms with E-state index in [0.29, 0.717) is 16.1 Å². The van der Waals surface area contributed by atoms with Crippen molar-refractivity contribution in [2.24, 2.45) is 0 Å². The summed E-state index contributed by atoms with van der Waals surface area (Å²) in [5.41, 5.74) is 1.09. The number of anilines is 1. The van der Waals surface area contributed by atoms with Crippen molar-refractivity contribution in [1.82, 2.24) is 0 Å². The molecule has 0 aliphatic carbocycles. The summed E-state index contributed by atoms with van der Waals surface area (Å²) in [6.45, 7) is 0. The molecule has 106 valence electrons. The third-order valence-electron chi connectivity index (χ3n) is 2.64. The second-order valence-corrected chi connectivity index (χ2v) is 6.43. The molecule has 0 aliphatic heterocycles. The molecule has 0 aromatic heterocycles. The van der Waals surface area contributed by atoms with Crippen molar-refractivity contribution in [3.63, 3.8) is 0 Å². The van der Waals surface area contributed by atoms with Gasteiger partial charge in [-0.3, -0.25) is 9.00 Å². The van der Waals surface area contributed by atoms with E-state index in [4.69, 9.17) is 5.26 Å². The molecule has 0 radical (unpaired) electrons. The summed E-state index contributed by atoms with van der Waals surface area (Å²) < 4.78 is 12.9. The minimum atomic E-state index is -1.42. The lowest BCUT2D eigenvalue weighted by Gasteiger charge is -2.06. The molecule has 0 fully saturated rings. The maximum atomic E-state index is 12.1. The molecule has 1 unspecified atom stereocenters. The molecule has 21 heavy (non-hydrogen) atoms. The van der Waals surface area contributed by atoms with Crippen molar-refractivity contribution < 1.29 is 9.00 Å². The number of rotatable bonds is 4. The fourth-order valence-corrected chi connectivity index (χ4v) is 3.46. The van der Waals surface area contributed by atoms with Crippen LogP contribution < -0.4 is 5.32 Å². The predicted octanol–water partition coefficient (Wildman–Crippen LogP) is 3.07. The number of carbonyl (C=O) groups excluding carboxylic acids is 1. The highest BCUT2D eigenvalue weighted by molar-refractivity contribution is 9.10. The van der Waals surface area contributed by atoms with E-state index in [9.17, 15) is 9.00 Å². The minimum Gasteiger partial charge on any atom is -0.325 e. The van der Waals surface area contributed by atoms with Gasteiger partial charge in [-0.25, -0.2) is 0 Å². The maximum Gasteiger partial charge on any atom is 0.237 e. The summed E-state index contributed by atoms with van der Waals surface area (Å²) in [6, 6.07) is 15.6. The predicted molar refractivity (Wildman–Crippen MR) is 85.2 cm³/mol. The van der Waals surface area contributed by atoms with Crippen molar-refractivity contribution in [1.29, 1.82) is 5.26 Å². The van der Waals surface area contributed by atoms with Crippen LogP contribution in [0.1, 0.15) is 5.56 Å². The van der Waals surface area contributed by atoms with Crippen LogP contribution in [0.2, 0.25) is 0 Å². The van der Waals surface area contributed by atoms with Crippen molar-refractivity contribution >= 4 is 38.3 Å². The summed E-state index contributed by atoms with van der Waals surface area (Å²) in [4.78, 5) is 12.5. The topological polar surface area (TPSA) is 70.0 Å². The van der Waals surface area contributed by atoms with E-state index in [1.54, 1.807) is 42.5 Å². The fourth-order valence-electron chi connectivity index (χ4n) is 1.65. The lowest BCUT2D eigenvalue weighted by Crippen LogP contribution is -2.19. The molecule has 2 rings (SSSR count). The quantitative estimate of drug-likeness (QED) is 0.908. The molecule has 0 spiro atoms. The molecule has 0 heterocycles. The summed E-state index contributed by atoms with van der Waals surface area (Å²) in [5, 5.41) is 11.4. The Morgan fingerprint density at radius 1 is 1.19 bits per heavy atom. The molecular formula is C15H11BrN2O2S. The van der Waals surface area contributed by atoms with Gasteiger partial charge in [0.05, 0.1) is 27.3 Å². The van der Waals surface area contributed by atoms with Gasteiger partial charge in [-0.05, 0) is 52.3 Å². The zero-order valence-corrected chi connectivity index (χ0v) is 13.3. The second-order valence-electron chi connectivity index (χ2n) is 4.16. The second kappa shape index (κ2) is 7.16. The minimum absolute atomic E-state index is 0.122. The van der Waals surface area contributed by atoms with Crippen LogP contribution in [0.5, 0.6) is 0 Å². The molecule has 0 saturated carbocycles. The largest absolute Gasteiger partial charge is 0.325 e. The van der Waals surface area contributed by atoms with Crippen LogP contribution in [0.25, 0.3) is 0 Å². The van der Waals surface area contributed by atoms with Gasteiger partial charge >= 0.3 is 0 Å². The van der Waals surface area contributed by atoms with Gasteiger partial charge in [0.1, 0.15) is 5.75 Å². The Labute approximate surface area is 133 Å². The van der Waals surface area contributed by atoms with E-state index < -0.39 is 10.8 Å². The summed E-state index contributed by atoms with van der Waals surface area (Å²) >= 11 is 3.31. The molecule has 0 aliphatic rings. The third kappa shape index (κ3) is 4.25. The zero-order valence-electron chi connectivity index (χ0n) is 10.9. The number of halogens is 1. The number of carbonyl (C=O) groups is 1. The van der Waals surface area contributed by atoms with Gasteiger partial charge in [0.25, 0.3) is 0 Å². The number of nitriles is 1. The average Bonchev–Trinajstić information content (AvgIpc) is 2.48. The maximum absolute atomic E-state index is 12.1. The molecule has 2 aromatic carbocycles. The molecule has 1 N–H and O–H groups in total. The molecule has 0 bridgehead atoms. The van der Waals surface area contributed by atoms with Gasteiger partial charge in [-0.2, -0.15) is 5.26 Å². The Kier molecular flexibility index (Phi) is 5.26. The van der Waals surface area contributed by atoms with Gasteiger partial charge in [0, 0.05) is 10.2 Å². The Bertz CT molecular complexity index is 723. The molecule has 1 atom stereocenters. The number of benzene rings is 2. The van der Waals surface area contributed by atoms with Gasteiger partial charge in [0.2, 0.25) is 5.91 Å². The van der Waals surface area contributed by atoms with Crippen LogP contribution in [-0.4, -0.2) is 15.9 Å². The lowest BCUT2D eigenvalue weighted by atomic mass is 10.2. The number of amides is 1. The summed E-state index contributed by atoms with van der Waals surface area (Å²) in [6.07, 6.45) is 0. The van der Waals surface area contributed by atoms with E-state index in [1.807, 2.05) is 12.1 Å². The first-order valence-corrected chi connectivity index (χ1v) is 8.14. The van der Waals surface area contributed by atoms with E-state index in [-0.39, 0.29) is 11.7 Å². The summed E-state index contributed by atoms with van der Waals surface area (Å²) in [7, 11) is -1.42. The molecular weight excluding hydrogens is 352 g/mol. The zero-order chi connectivity index (χ0) is 15.2. The first-order valence-electron chi connectivity index (χ1n) is 6.03. The van der Waals surface area contributed by atoms with Gasteiger partial charge in [0.15, 0.2) is 0 Å². The Hall–Kier alpha value is -1.97. The van der Waals surface area contributed by atoms with Crippen LogP contribution in [0.4, 0.5) is 5.69 Å². The van der Waals surface area contributed by atoms with Crippen LogP contribution in [0, 0.1) is 11.3 Å². The first-order chi connectivity index (χ1) is 10.1. The average molecular weight is 363 g/mol. The number of nitrogens with zero attached hydrogens (tertiary/aromatic N) is 1. The SMILES string of the molecule is N#Cc1ccc(NC(=O)CS(=O)c2ccccc2Br)cc1. The van der Waals surface area contributed by atoms with Crippen LogP contribution >= 0.6 is 15.9 Å². The van der Waals surface area contributed by atoms with Crippen LogP contribution in [0.3, 0.4) is 0 Å². The van der Waals surface area contributed by atoms with Gasteiger partial charge in [-0.1, -0.05) is 12.1 Å². The molecule has 1 amide bonds. The summed E-state index contributed by atoms with van der Waals surface area (Å²) in [5.74, 6) is -0.461. The number of nitrogens with one attached hydrogen (secondary N) is 1. The third-order valence-corrected chi connectivity index (χ3v) is 4.97. The number of hydrogen-bond acceptors (Lipinski definition) is 3. The van der Waals surface area contributed by atoms with E-state index >= 15 is 0 Å². The van der Waals surface area contributed by atoms with Crippen molar-refractivity contribution in [2.75, 3.05) is 11.1 Å². The van der Waals surface area contributed by atoms with E-state index in [0.717, 1.165) is 4.47 Å². The van der Waals surface area contributed by atoms with Crippen molar-refractivity contribution in [3.05, 3.63) is 58.6 Å². The van der Waals surface area contributed by atoms with Crippen LogP contribution in [-0.2, 0) is 15.6 Å².